The molecule has 0 saturated carbocycles. The zero-order chi connectivity index (χ0) is 16.2. The standard InChI is InChI=1S/C17H17N3OS2/c1-12-9-14(7-8-18-12)16-10-22-17(20-16)19-15-5-3-13(4-6-15)11-23(2)21/h3-10H,11H2,1-2H3,(H,19,20). The molecule has 0 radical (unpaired) electrons. The van der Waals surface area contributed by atoms with Gasteiger partial charge in [-0.25, -0.2) is 4.98 Å². The quantitative estimate of drug-likeness (QED) is 0.756. The van der Waals surface area contributed by atoms with Crippen molar-refractivity contribution >= 4 is 33.0 Å². The first-order valence-corrected chi connectivity index (χ1v) is 9.75. The van der Waals surface area contributed by atoms with Crippen molar-refractivity contribution in [3.63, 3.8) is 0 Å². The van der Waals surface area contributed by atoms with E-state index < -0.39 is 10.8 Å². The molecule has 23 heavy (non-hydrogen) atoms. The highest BCUT2D eigenvalue weighted by molar-refractivity contribution is 7.83. The van der Waals surface area contributed by atoms with Crippen LogP contribution in [0.15, 0.2) is 48.0 Å². The molecule has 0 spiro atoms. The molecule has 1 aromatic carbocycles. The van der Waals surface area contributed by atoms with Crippen LogP contribution in [0, 0.1) is 6.92 Å². The number of aromatic nitrogens is 2. The molecule has 0 aliphatic heterocycles. The number of pyridine rings is 1. The molecule has 1 unspecified atom stereocenters. The molecule has 3 aromatic rings. The predicted molar refractivity (Wildman–Crippen MR) is 97.6 cm³/mol. The van der Waals surface area contributed by atoms with Crippen LogP contribution in [0.2, 0.25) is 0 Å². The molecular formula is C17H17N3OS2. The van der Waals surface area contributed by atoms with Gasteiger partial charge in [0.15, 0.2) is 5.13 Å². The summed E-state index contributed by atoms with van der Waals surface area (Å²) in [5.41, 5.74) is 5.04. The largest absolute Gasteiger partial charge is 0.332 e. The number of benzene rings is 1. The molecule has 3 rings (SSSR count). The lowest BCUT2D eigenvalue weighted by molar-refractivity contribution is 0.686. The Morgan fingerprint density at radius 1 is 1.22 bits per heavy atom. The van der Waals surface area contributed by atoms with Crippen LogP contribution >= 0.6 is 11.3 Å². The molecule has 0 aliphatic rings. The summed E-state index contributed by atoms with van der Waals surface area (Å²) in [5, 5.41) is 6.19. The number of nitrogens with one attached hydrogen (secondary N) is 1. The van der Waals surface area contributed by atoms with Crippen molar-refractivity contribution in [2.75, 3.05) is 11.6 Å². The predicted octanol–water partition coefficient (Wildman–Crippen LogP) is 4.14. The summed E-state index contributed by atoms with van der Waals surface area (Å²) in [6.45, 7) is 1.97. The Bertz CT molecular complexity index is 828. The first-order valence-electron chi connectivity index (χ1n) is 7.15. The van der Waals surface area contributed by atoms with Gasteiger partial charge in [-0.1, -0.05) is 12.1 Å². The average molecular weight is 343 g/mol. The van der Waals surface area contributed by atoms with Crippen LogP contribution in [0.4, 0.5) is 10.8 Å². The van der Waals surface area contributed by atoms with E-state index >= 15 is 0 Å². The summed E-state index contributed by atoms with van der Waals surface area (Å²) in [5.74, 6) is 0.586. The molecule has 0 saturated heterocycles. The van der Waals surface area contributed by atoms with Crippen molar-refractivity contribution in [1.82, 2.24) is 9.97 Å². The lowest BCUT2D eigenvalue weighted by atomic mass is 10.2. The minimum atomic E-state index is -0.817. The van der Waals surface area contributed by atoms with Crippen LogP contribution in [-0.2, 0) is 16.6 Å². The number of thiazole rings is 1. The first-order chi connectivity index (χ1) is 11.1. The fourth-order valence-corrected chi connectivity index (χ4v) is 3.61. The van der Waals surface area contributed by atoms with Crippen LogP contribution in [0.1, 0.15) is 11.3 Å². The number of rotatable bonds is 5. The summed E-state index contributed by atoms with van der Waals surface area (Å²) < 4.78 is 11.2. The number of anilines is 2. The summed E-state index contributed by atoms with van der Waals surface area (Å²) in [6.07, 6.45) is 3.51. The van der Waals surface area contributed by atoms with E-state index in [4.69, 9.17) is 0 Å². The Morgan fingerprint density at radius 3 is 2.70 bits per heavy atom. The van der Waals surface area contributed by atoms with E-state index in [1.807, 2.05) is 48.7 Å². The van der Waals surface area contributed by atoms with Crippen molar-refractivity contribution in [2.24, 2.45) is 0 Å². The van der Waals surface area contributed by atoms with E-state index in [1.54, 1.807) is 23.8 Å². The SMILES string of the molecule is Cc1cc(-c2csc(Nc3ccc(CS(C)=O)cc3)n2)ccn1. The number of hydrogen-bond acceptors (Lipinski definition) is 5. The molecular weight excluding hydrogens is 326 g/mol. The van der Waals surface area contributed by atoms with Crippen molar-refractivity contribution in [3.8, 4) is 11.3 Å². The highest BCUT2D eigenvalue weighted by Gasteiger charge is 2.05. The van der Waals surface area contributed by atoms with Gasteiger partial charge in [-0.3, -0.25) is 9.19 Å². The maximum atomic E-state index is 11.2. The van der Waals surface area contributed by atoms with Gasteiger partial charge >= 0.3 is 0 Å². The van der Waals surface area contributed by atoms with Crippen molar-refractivity contribution < 1.29 is 4.21 Å². The fourth-order valence-electron chi connectivity index (χ4n) is 2.21. The zero-order valence-electron chi connectivity index (χ0n) is 12.9. The Labute approximate surface area is 142 Å². The van der Waals surface area contributed by atoms with E-state index in [0.29, 0.717) is 5.75 Å². The minimum Gasteiger partial charge on any atom is -0.332 e. The van der Waals surface area contributed by atoms with E-state index in [2.05, 4.69) is 15.3 Å². The van der Waals surface area contributed by atoms with E-state index in [1.165, 1.54) is 0 Å². The number of aryl methyl sites for hydroxylation is 1. The molecule has 1 N–H and O–H groups in total. The Morgan fingerprint density at radius 2 is 2.00 bits per heavy atom. The Kier molecular flexibility index (Phi) is 4.83. The van der Waals surface area contributed by atoms with Gasteiger partial charge < -0.3 is 5.32 Å². The normalized spacial score (nSPS) is 12.1. The van der Waals surface area contributed by atoms with Crippen molar-refractivity contribution in [3.05, 3.63) is 59.2 Å². The van der Waals surface area contributed by atoms with Gasteiger partial charge in [0.05, 0.1) is 5.69 Å². The maximum absolute atomic E-state index is 11.2. The van der Waals surface area contributed by atoms with Crippen LogP contribution in [-0.4, -0.2) is 20.4 Å². The molecule has 4 nitrogen and oxygen atoms in total. The van der Waals surface area contributed by atoms with Crippen molar-refractivity contribution in [2.45, 2.75) is 12.7 Å². The second-order valence-corrected chi connectivity index (χ2v) is 7.56. The van der Waals surface area contributed by atoms with Crippen LogP contribution in [0.25, 0.3) is 11.3 Å². The molecule has 6 heteroatoms. The molecule has 0 fully saturated rings. The third-order valence-electron chi connectivity index (χ3n) is 3.27. The molecule has 0 bridgehead atoms. The summed E-state index contributed by atoms with van der Waals surface area (Å²) in [7, 11) is -0.817. The second kappa shape index (κ2) is 7.02. The lowest BCUT2D eigenvalue weighted by Crippen LogP contribution is -1.94. The molecule has 0 aliphatic carbocycles. The smallest absolute Gasteiger partial charge is 0.187 e. The average Bonchev–Trinajstić information content (AvgIpc) is 2.97. The van der Waals surface area contributed by atoms with Gasteiger partial charge in [-0.05, 0) is 36.8 Å². The molecule has 2 heterocycles. The lowest BCUT2D eigenvalue weighted by Gasteiger charge is -2.04. The number of hydrogen-bond donors (Lipinski definition) is 1. The second-order valence-electron chi connectivity index (χ2n) is 5.26. The summed E-state index contributed by atoms with van der Waals surface area (Å²) in [6, 6.07) is 11.9. The van der Waals surface area contributed by atoms with Gasteiger partial charge in [0.25, 0.3) is 0 Å². The van der Waals surface area contributed by atoms with E-state index in [-0.39, 0.29) is 0 Å². The van der Waals surface area contributed by atoms with Gasteiger partial charge in [-0.15, -0.1) is 11.3 Å². The van der Waals surface area contributed by atoms with Crippen LogP contribution in [0.3, 0.4) is 0 Å². The van der Waals surface area contributed by atoms with Gasteiger partial charge in [0, 0.05) is 51.3 Å². The summed E-state index contributed by atoms with van der Waals surface area (Å²) >= 11 is 1.57. The van der Waals surface area contributed by atoms with Crippen LogP contribution < -0.4 is 5.32 Å². The fraction of sp³-hybridized carbons (Fsp3) is 0.176. The van der Waals surface area contributed by atoms with Gasteiger partial charge in [-0.2, -0.15) is 0 Å². The zero-order valence-corrected chi connectivity index (χ0v) is 14.6. The van der Waals surface area contributed by atoms with E-state index in [0.717, 1.165) is 33.3 Å². The first kappa shape index (κ1) is 15.8. The molecule has 0 amide bonds. The van der Waals surface area contributed by atoms with Crippen molar-refractivity contribution in [1.29, 1.82) is 0 Å². The third-order valence-corrected chi connectivity index (χ3v) is 4.77. The third kappa shape index (κ3) is 4.24. The Balaban J connectivity index is 1.73. The Hall–Kier alpha value is -2.05. The highest BCUT2D eigenvalue weighted by Crippen LogP contribution is 2.27. The highest BCUT2D eigenvalue weighted by atomic mass is 32.2. The van der Waals surface area contributed by atoms with E-state index in [9.17, 15) is 4.21 Å². The maximum Gasteiger partial charge on any atom is 0.187 e. The minimum absolute atomic E-state index is 0.586. The molecule has 118 valence electrons. The van der Waals surface area contributed by atoms with Gasteiger partial charge in [0.1, 0.15) is 0 Å². The number of nitrogens with zero attached hydrogens (tertiary/aromatic N) is 2. The monoisotopic (exact) mass is 343 g/mol. The van der Waals surface area contributed by atoms with Gasteiger partial charge in [0.2, 0.25) is 0 Å². The summed E-state index contributed by atoms with van der Waals surface area (Å²) in [4.78, 5) is 8.83. The van der Waals surface area contributed by atoms with Crippen LogP contribution in [0.5, 0.6) is 0 Å². The molecule has 2 aromatic heterocycles. The molecule has 1 atom stereocenters. The topological polar surface area (TPSA) is 54.9 Å².